The number of aromatic nitrogens is 1. The van der Waals surface area contributed by atoms with Crippen LogP contribution in [0.1, 0.15) is 147 Å². The minimum atomic E-state index is -1.22. The number of nitrogens with zero attached hydrogens (tertiary/aromatic N) is 2. The number of thiazole rings is 1. The summed E-state index contributed by atoms with van der Waals surface area (Å²) in [5.41, 5.74) is 4.23. The molecule has 3 amide bonds. The Morgan fingerprint density at radius 1 is 1.12 bits per heavy atom. The number of hydrogen-bond donors (Lipinski definition) is 5. The van der Waals surface area contributed by atoms with E-state index in [1.807, 2.05) is 39.5 Å². The Kier molecular flexibility index (Phi) is 18.1. The monoisotopic (exact) mass is 830 g/mol. The lowest BCUT2D eigenvalue weighted by molar-refractivity contribution is -0.150. The number of carbonyl (C=O) groups is 5. The Labute approximate surface area is 347 Å². The van der Waals surface area contributed by atoms with Crippen LogP contribution in [0.5, 0.6) is 0 Å². The van der Waals surface area contributed by atoms with Gasteiger partial charge in [0, 0.05) is 37.4 Å². The van der Waals surface area contributed by atoms with E-state index in [1.165, 1.54) is 19.1 Å². The van der Waals surface area contributed by atoms with Crippen LogP contribution in [0, 0.1) is 23.1 Å². The maximum atomic E-state index is 14.8. The van der Waals surface area contributed by atoms with Crippen molar-refractivity contribution in [2.75, 3.05) is 18.8 Å². The largest absolute Gasteiger partial charge is 0.481 e. The van der Waals surface area contributed by atoms with Crippen molar-refractivity contribution in [2.45, 2.75) is 156 Å². The van der Waals surface area contributed by atoms with E-state index in [2.05, 4.69) is 27.9 Å². The van der Waals surface area contributed by atoms with Crippen LogP contribution in [0.4, 0.5) is 10.1 Å². The number of carbonyl (C=O) groups excluding carboxylic acids is 4. The van der Waals surface area contributed by atoms with Crippen LogP contribution in [-0.2, 0) is 30.3 Å². The molecule has 0 saturated carbocycles. The van der Waals surface area contributed by atoms with E-state index in [0.717, 1.165) is 50.0 Å². The number of nitrogens with one attached hydrogen (secondary N) is 3. The van der Waals surface area contributed by atoms with Crippen molar-refractivity contribution in [1.29, 1.82) is 0 Å². The maximum absolute atomic E-state index is 14.8. The van der Waals surface area contributed by atoms with Crippen LogP contribution >= 0.6 is 11.3 Å². The number of unbranched alkanes of at least 4 members (excludes halogenated alkanes) is 3. The molecule has 15 heteroatoms. The van der Waals surface area contributed by atoms with Crippen LogP contribution < -0.4 is 21.7 Å². The second-order valence-corrected chi connectivity index (χ2v) is 18.0. The van der Waals surface area contributed by atoms with Crippen molar-refractivity contribution >= 4 is 46.7 Å². The number of amides is 3. The Bertz CT molecular complexity index is 1710. The summed E-state index contributed by atoms with van der Waals surface area (Å²) in [5.74, 6) is -3.41. The first-order valence-electron chi connectivity index (χ1n) is 20.8. The molecule has 0 radical (unpaired) electrons. The topological polar surface area (TPSA) is 193 Å². The summed E-state index contributed by atoms with van der Waals surface area (Å²) in [7, 11) is 0. The average molecular weight is 831 g/mol. The Balaban J connectivity index is 1.95. The summed E-state index contributed by atoms with van der Waals surface area (Å²) >= 11 is 1.14. The lowest BCUT2D eigenvalue weighted by Crippen LogP contribution is -2.60. The highest BCUT2D eigenvalue weighted by molar-refractivity contribution is 7.09. The van der Waals surface area contributed by atoms with Gasteiger partial charge in [0.1, 0.15) is 22.6 Å². The minimum Gasteiger partial charge on any atom is -0.481 e. The first-order valence-corrected chi connectivity index (χ1v) is 21.7. The van der Waals surface area contributed by atoms with Crippen molar-refractivity contribution in [2.24, 2.45) is 17.3 Å². The summed E-state index contributed by atoms with van der Waals surface area (Å²) < 4.78 is 20.2. The predicted octanol–water partition coefficient (Wildman–Crippen LogP) is 6.81. The third kappa shape index (κ3) is 13.5. The molecule has 6 atom stereocenters. The van der Waals surface area contributed by atoms with Crippen LogP contribution in [-0.4, -0.2) is 81.4 Å². The van der Waals surface area contributed by atoms with Crippen LogP contribution in [0.2, 0.25) is 0 Å². The molecule has 1 aromatic heterocycles. The molecule has 0 bridgehead atoms. The zero-order valence-electron chi connectivity index (χ0n) is 35.9. The van der Waals surface area contributed by atoms with Gasteiger partial charge in [-0.2, -0.15) is 0 Å². The number of ether oxygens (including phenoxy) is 1. The molecule has 13 nitrogen and oxygen atoms in total. The number of rotatable bonds is 23. The van der Waals surface area contributed by atoms with Gasteiger partial charge in [-0.15, -0.1) is 11.3 Å². The highest BCUT2D eigenvalue weighted by Gasteiger charge is 2.42. The molecule has 1 aromatic carbocycles. The van der Waals surface area contributed by atoms with Crippen LogP contribution in [0.25, 0.3) is 0 Å². The fraction of sp³-hybridized carbons (Fsp3) is 0.674. The summed E-state index contributed by atoms with van der Waals surface area (Å²) in [4.78, 5) is 73.3. The number of benzene rings is 1. The van der Waals surface area contributed by atoms with Crippen molar-refractivity contribution in [3.05, 3.63) is 45.7 Å². The van der Waals surface area contributed by atoms with E-state index in [0.29, 0.717) is 30.0 Å². The lowest BCUT2D eigenvalue weighted by atomic mass is 9.84. The van der Waals surface area contributed by atoms with Gasteiger partial charge in [-0.1, -0.05) is 66.4 Å². The third-order valence-corrected chi connectivity index (χ3v) is 12.3. The van der Waals surface area contributed by atoms with Crippen molar-refractivity contribution in [3.8, 4) is 0 Å². The normalized spacial score (nSPS) is 18.2. The van der Waals surface area contributed by atoms with E-state index in [9.17, 15) is 33.5 Å². The summed E-state index contributed by atoms with van der Waals surface area (Å²) in [6.45, 7) is 17.6. The highest BCUT2D eigenvalue weighted by Crippen LogP contribution is 2.33. The second kappa shape index (κ2) is 21.8. The number of aliphatic carboxylic acids is 1. The maximum Gasteiger partial charge on any atom is 0.309 e. The minimum absolute atomic E-state index is 0.0235. The molecule has 6 N–H and O–H groups in total. The fourth-order valence-corrected chi connectivity index (χ4v) is 8.28. The molecule has 1 aliphatic rings. The molecule has 2 heterocycles. The van der Waals surface area contributed by atoms with E-state index in [4.69, 9.17) is 10.5 Å². The molecule has 1 aliphatic heterocycles. The van der Waals surface area contributed by atoms with Gasteiger partial charge in [-0.05, 0) is 89.0 Å². The molecule has 2 aromatic rings. The zero-order chi connectivity index (χ0) is 43.4. The highest BCUT2D eigenvalue weighted by atomic mass is 32.1. The first-order chi connectivity index (χ1) is 27.2. The smallest absolute Gasteiger partial charge is 0.309 e. The van der Waals surface area contributed by atoms with Gasteiger partial charge in [0.15, 0.2) is 6.10 Å². The molecule has 324 valence electrons. The van der Waals surface area contributed by atoms with Gasteiger partial charge in [-0.3, -0.25) is 24.0 Å². The number of nitrogen functional groups attached to an aromatic ring is 1. The van der Waals surface area contributed by atoms with Gasteiger partial charge in [0.05, 0.1) is 16.6 Å². The lowest BCUT2D eigenvalue weighted by Gasteiger charge is -2.40. The third-order valence-electron chi connectivity index (χ3n) is 11.4. The van der Waals surface area contributed by atoms with Crippen molar-refractivity contribution < 1.29 is 38.2 Å². The molecule has 0 spiro atoms. The van der Waals surface area contributed by atoms with Crippen LogP contribution in [0.3, 0.4) is 0 Å². The van der Waals surface area contributed by atoms with Gasteiger partial charge in [0.2, 0.25) is 11.8 Å². The van der Waals surface area contributed by atoms with Crippen molar-refractivity contribution in [3.63, 3.8) is 0 Å². The molecule has 0 aliphatic carbocycles. The van der Waals surface area contributed by atoms with Gasteiger partial charge >= 0.3 is 11.9 Å². The quantitative estimate of drug-likeness (QED) is 0.0452. The van der Waals surface area contributed by atoms with Gasteiger partial charge < -0.3 is 36.4 Å². The number of nitrogens with two attached hydrogens (primary N) is 1. The average Bonchev–Trinajstić information content (AvgIpc) is 3.84. The SMILES string of the molecule is CCCCCCN(C(=O)[C@@H](NC(=O)[C@@]1(C)CCCN1)[C@@H](C)CC)[C@H](C[C@@H](OC(C)=O)c1nc(C(=O)N[C@@H](Cc2ccc(N)c(F)c2)CC(C)(C)C(=O)O)cs1)C(C)C. The summed E-state index contributed by atoms with van der Waals surface area (Å²) in [6.07, 6.45) is 5.40. The first kappa shape index (κ1) is 48.3. The molecule has 0 unspecified atom stereocenters. The van der Waals surface area contributed by atoms with Gasteiger partial charge in [-0.25, -0.2) is 9.37 Å². The van der Waals surface area contributed by atoms with E-state index in [1.54, 1.807) is 25.3 Å². The number of esters is 1. The van der Waals surface area contributed by atoms with Crippen LogP contribution in [0.15, 0.2) is 23.6 Å². The number of halogens is 1. The Morgan fingerprint density at radius 3 is 2.40 bits per heavy atom. The van der Waals surface area contributed by atoms with E-state index in [-0.39, 0.29) is 54.3 Å². The second-order valence-electron chi connectivity index (χ2n) is 17.1. The number of carboxylic acids is 1. The summed E-state index contributed by atoms with van der Waals surface area (Å²) in [5, 5.41) is 21.1. The van der Waals surface area contributed by atoms with E-state index >= 15 is 0 Å². The predicted molar refractivity (Wildman–Crippen MR) is 225 cm³/mol. The van der Waals surface area contributed by atoms with Gasteiger partial charge in [0.25, 0.3) is 5.91 Å². The Hall–Kier alpha value is -4.11. The standard InChI is InChI=1S/C43H67FN6O7S/c1-10-12-13-14-20-50(39(53)36(27(5)11-2)49-40(54)43(9)18-15-19-46-43)34(26(3)4)23-35(57-28(6)51)38-48-33(25-58-38)37(52)47-30(24-42(7,8)41(55)56)21-29-16-17-32(45)31(44)22-29/h16-17,22,25-27,30,34-36,46H,10-15,18-21,23-24,45H2,1-9H3,(H,47,52)(H,49,54)(H,55,56)/t27-,30-,34+,35+,36-,43+/m0/s1. The molecular weight excluding hydrogens is 764 g/mol. The molecule has 1 saturated heterocycles. The fourth-order valence-electron chi connectivity index (χ4n) is 7.44. The zero-order valence-corrected chi connectivity index (χ0v) is 36.7. The molecular formula is C43H67FN6O7S. The number of hydrogen-bond acceptors (Lipinski definition) is 10. The molecule has 58 heavy (non-hydrogen) atoms. The van der Waals surface area contributed by atoms with Crippen molar-refractivity contribution in [1.82, 2.24) is 25.8 Å². The Morgan fingerprint density at radius 2 is 1.83 bits per heavy atom. The summed E-state index contributed by atoms with van der Waals surface area (Å²) in [6, 6.07) is 2.42. The molecule has 3 rings (SSSR count). The number of anilines is 1. The van der Waals surface area contributed by atoms with E-state index < -0.39 is 58.8 Å². The number of carboxylic acid groups (broad SMARTS) is 1. The molecule has 1 fully saturated rings.